The molecule has 94 valence electrons. The molecule has 3 heteroatoms. The SMILES string of the molecule is CCCOc1cc(C=C(C)CCl)ccc1OC. The summed E-state index contributed by atoms with van der Waals surface area (Å²) in [5.41, 5.74) is 2.20. The van der Waals surface area contributed by atoms with E-state index in [1.807, 2.05) is 31.2 Å². The molecule has 0 aromatic heterocycles. The van der Waals surface area contributed by atoms with Crippen LogP contribution in [0.3, 0.4) is 0 Å². The molecule has 0 saturated heterocycles. The molecule has 0 saturated carbocycles. The third-order valence-electron chi connectivity index (χ3n) is 2.27. The van der Waals surface area contributed by atoms with Crippen LogP contribution in [0.5, 0.6) is 11.5 Å². The average Bonchev–Trinajstić information content (AvgIpc) is 2.36. The van der Waals surface area contributed by atoms with Gasteiger partial charge in [0.1, 0.15) is 0 Å². The van der Waals surface area contributed by atoms with Crippen molar-refractivity contribution in [3.8, 4) is 11.5 Å². The van der Waals surface area contributed by atoms with Gasteiger partial charge in [-0.05, 0) is 31.0 Å². The Hall–Kier alpha value is -1.15. The minimum Gasteiger partial charge on any atom is -0.493 e. The van der Waals surface area contributed by atoms with Crippen molar-refractivity contribution in [1.82, 2.24) is 0 Å². The van der Waals surface area contributed by atoms with E-state index in [-0.39, 0.29) is 0 Å². The van der Waals surface area contributed by atoms with Gasteiger partial charge in [-0.25, -0.2) is 0 Å². The van der Waals surface area contributed by atoms with Crippen LogP contribution in [0.15, 0.2) is 23.8 Å². The Kier molecular flexibility index (Phi) is 5.92. The van der Waals surface area contributed by atoms with E-state index in [9.17, 15) is 0 Å². The van der Waals surface area contributed by atoms with E-state index in [0.717, 1.165) is 29.1 Å². The molecule has 0 fully saturated rings. The lowest BCUT2D eigenvalue weighted by atomic mass is 10.1. The molecule has 0 bridgehead atoms. The number of hydrogen-bond donors (Lipinski definition) is 0. The number of rotatable bonds is 6. The standard InChI is InChI=1S/C14H19ClO2/c1-4-7-17-14-9-12(8-11(2)10-15)5-6-13(14)16-3/h5-6,8-9H,4,7,10H2,1-3H3. The maximum atomic E-state index is 5.76. The maximum Gasteiger partial charge on any atom is 0.161 e. The van der Waals surface area contributed by atoms with Gasteiger partial charge in [-0.2, -0.15) is 0 Å². The zero-order valence-corrected chi connectivity index (χ0v) is 11.4. The smallest absolute Gasteiger partial charge is 0.161 e. The third-order valence-corrected chi connectivity index (χ3v) is 2.69. The minimum atomic E-state index is 0.539. The monoisotopic (exact) mass is 254 g/mol. The van der Waals surface area contributed by atoms with Gasteiger partial charge >= 0.3 is 0 Å². The van der Waals surface area contributed by atoms with Gasteiger partial charge in [-0.1, -0.05) is 24.6 Å². The summed E-state index contributed by atoms with van der Waals surface area (Å²) in [4.78, 5) is 0. The first-order valence-electron chi connectivity index (χ1n) is 5.75. The van der Waals surface area contributed by atoms with E-state index in [1.54, 1.807) is 7.11 Å². The number of methoxy groups -OCH3 is 1. The summed E-state index contributed by atoms with van der Waals surface area (Å²) in [6.07, 6.45) is 3.02. The summed E-state index contributed by atoms with van der Waals surface area (Å²) in [5.74, 6) is 2.08. The zero-order valence-electron chi connectivity index (χ0n) is 10.6. The topological polar surface area (TPSA) is 18.5 Å². The number of allylic oxidation sites excluding steroid dienone is 1. The van der Waals surface area contributed by atoms with Gasteiger partial charge in [0.25, 0.3) is 0 Å². The number of benzene rings is 1. The molecular weight excluding hydrogens is 236 g/mol. The van der Waals surface area contributed by atoms with Crippen LogP contribution in [0, 0.1) is 0 Å². The van der Waals surface area contributed by atoms with Gasteiger partial charge < -0.3 is 9.47 Å². The van der Waals surface area contributed by atoms with E-state index in [2.05, 4.69) is 6.92 Å². The Bertz CT molecular complexity index is 386. The quantitative estimate of drug-likeness (QED) is 0.711. The fraction of sp³-hybridized carbons (Fsp3) is 0.429. The summed E-state index contributed by atoms with van der Waals surface area (Å²) in [6.45, 7) is 4.77. The van der Waals surface area contributed by atoms with Crippen LogP contribution in [0.4, 0.5) is 0 Å². The first kappa shape index (κ1) is 13.9. The predicted octanol–water partition coefficient (Wildman–Crippen LogP) is 4.13. The zero-order chi connectivity index (χ0) is 12.7. The largest absolute Gasteiger partial charge is 0.493 e. The molecular formula is C14H19ClO2. The molecule has 0 aliphatic carbocycles. The molecule has 1 aromatic carbocycles. The van der Waals surface area contributed by atoms with Crippen LogP contribution >= 0.6 is 11.6 Å². The Morgan fingerprint density at radius 2 is 2.12 bits per heavy atom. The molecule has 0 aliphatic rings. The van der Waals surface area contributed by atoms with Gasteiger partial charge in [0.2, 0.25) is 0 Å². The molecule has 17 heavy (non-hydrogen) atoms. The molecule has 1 aromatic rings. The molecule has 0 amide bonds. The fourth-order valence-corrected chi connectivity index (χ4v) is 1.51. The van der Waals surface area contributed by atoms with E-state index >= 15 is 0 Å². The normalized spacial score (nSPS) is 11.4. The Balaban J connectivity index is 2.95. The van der Waals surface area contributed by atoms with Gasteiger partial charge in [0, 0.05) is 5.88 Å². The molecule has 0 heterocycles. The second kappa shape index (κ2) is 7.23. The van der Waals surface area contributed by atoms with Crippen LogP contribution in [-0.2, 0) is 0 Å². The molecule has 1 rings (SSSR count). The Labute approximate surface area is 108 Å². The molecule has 0 radical (unpaired) electrons. The first-order chi connectivity index (χ1) is 8.21. The molecule has 2 nitrogen and oxygen atoms in total. The lowest BCUT2D eigenvalue weighted by Crippen LogP contribution is -1.98. The Morgan fingerprint density at radius 3 is 2.71 bits per heavy atom. The number of hydrogen-bond acceptors (Lipinski definition) is 2. The van der Waals surface area contributed by atoms with Crippen LogP contribution in [0.25, 0.3) is 6.08 Å². The second-order valence-electron chi connectivity index (χ2n) is 3.88. The van der Waals surface area contributed by atoms with Crippen LogP contribution in [0.2, 0.25) is 0 Å². The molecule has 0 spiro atoms. The highest BCUT2D eigenvalue weighted by Gasteiger charge is 2.04. The number of ether oxygens (including phenoxy) is 2. The highest BCUT2D eigenvalue weighted by Crippen LogP contribution is 2.29. The predicted molar refractivity (Wildman–Crippen MR) is 73.2 cm³/mol. The summed E-state index contributed by atoms with van der Waals surface area (Å²) >= 11 is 5.76. The van der Waals surface area contributed by atoms with Crippen molar-refractivity contribution in [2.45, 2.75) is 20.3 Å². The van der Waals surface area contributed by atoms with Crippen molar-refractivity contribution in [3.05, 3.63) is 29.3 Å². The number of alkyl halides is 1. The maximum absolute atomic E-state index is 5.76. The van der Waals surface area contributed by atoms with E-state index < -0.39 is 0 Å². The van der Waals surface area contributed by atoms with Crippen LogP contribution in [-0.4, -0.2) is 19.6 Å². The lowest BCUT2D eigenvalue weighted by Gasteiger charge is -2.10. The molecule has 0 unspecified atom stereocenters. The Morgan fingerprint density at radius 1 is 1.35 bits per heavy atom. The van der Waals surface area contributed by atoms with Crippen molar-refractivity contribution < 1.29 is 9.47 Å². The average molecular weight is 255 g/mol. The van der Waals surface area contributed by atoms with Crippen LogP contribution in [0.1, 0.15) is 25.8 Å². The summed E-state index contributed by atoms with van der Waals surface area (Å²) in [6, 6.07) is 5.89. The second-order valence-corrected chi connectivity index (χ2v) is 4.15. The summed E-state index contributed by atoms with van der Waals surface area (Å²) < 4.78 is 10.9. The van der Waals surface area contributed by atoms with Crippen molar-refractivity contribution in [3.63, 3.8) is 0 Å². The van der Waals surface area contributed by atoms with Gasteiger partial charge in [-0.3, -0.25) is 0 Å². The summed E-state index contributed by atoms with van der Waals surface area (Å²) in [7, 11) is 1.65. The number of halogens is 1. The van der Waals surface area contributed by atoms with E-state index in [4.69, 9.17) is 21.1 Å². The van der Waals surface area contributed by atoms with E-state index in [1.165, 1.54) is 0 Å². The van der Waals surface area contributed by atoms with Gasteiger partial charge in [0.05, 0.1) is 13.7 Å². The highest BCUT2D eigenvalue weighted by atomic mass is 35.5. The van der Waals surface area contributed by atoms with Crippen molar-refractivity contribution in [2.75, 3.05) is 19.6 Å². The summed E-state index contributed by atoms with van der Waals surface area (Å²) in [5, 5.41) is 0. The molecule has 0 N–H and O–H groups in total. The third kappa shape index (κ3) is 4.31. The van der Waals surface area contributed by atoms with Crippen molar-refractivity contribution >= 4 is 17.7 Å². The molecule has 0 atom stereocenters. The van der Waals surface area contributed by atoms with Gasteiger partial charge in [0.15, 0.2) is 11.5 Å². The van der Waals surface area contributed by atoms with Crippen LogP contribution < -0.4 is 9.47 Å². The van der Waals surface area contributed by atoms with Crippen molar-refractivity contribution in [2.24, 2.45) is 0 Å². The highest BCUT2D eigenvalue weighted by molar-refractivity contribution is 6.19. The molecule has 0 aliphatic heterocycles. The minimum absolute atomic E-state index is 0.539. The van der Waals surface area contributed by atoms with Crippen molar-refractivity contribution in [1.29, 1.82) is 0 Å². The van der Waals surface area contributed by atoms with Gasteiger partial charge in [-0.15, -0.1) is 11.6 Å². The lowest BCUT2D eigenvalue weighted by molar-refractivity contribution is 0.294. The van der Waals surface area contributed by atoms with E-state index in [0.29, 0.717) is 12.5 Å². The first-order valence-corrected chi connectivity index (χ1v) is 6.28. The fourth-order valence-electron chi connectivity index (χ4n) is 1.43.